The molecule has 112 valence electrons. The summed E-state index contributed by atoms with van der Waals surface area (Å²) < 4.78 is 4.92. The summed E-state index contributed by atoms with van der Waals surface area (Å²) in [7, 11) is 0. The molecule has 0 fully saturated rings. The Balaban J connectivity index is 2.58. The van der Waals surface area contributed by atoms with Gasteiger partial charge in [-0.05, 0) is 31.5 Å². The molecule has 1 aliphatic carbocycles. The van der Waals surface area contributed by atoms with E-state index in [1.165, 1.54) is 12.1 Å². The third kappa shape index (κ3) is 2.51. The summed E-state index contributed by atoms with van der Waals surface area (Å²) in [5.41, 5.74) is -0.433. The summed E-state index contributed by atoms with van der Waals surface area (Å²) in [6.45, 7) is 3.54. The number of carbonyl (C=O) groups is 2. The van der Waals surface area contributed by atoms with Crippen molar-refractivity contribution in [1.82, 2.24) is 0 Å². The Morgan fingerprint density at radius 3 is 2.57 bits per heavy atom. The van der Waals surface area contributed by atoms with E-state index in [1.807, 2.05) is 0 Å². The maximum absolute atomic E-state index is 12.3. The molecule has 1 aromatic rings. The lowest BCUT2D eigenvalue weighted by molar-refractivity contribution is -0.143. The van der Waals surface area contributed by atoms with E-state index in [4.69, 9.17) is 27.9 Å². The van der Waals surface area contributed by atoms with Gasteiger partial charge in [-0.1, -0.05) is 28.4 Å². The van der Waals surface area contributed by atoms with E-state index in [0.717, 1.165) is 0 Å². The van der Waals surface area contributed by atoms with Crippen molar-refractivity contribution in [3.05, 3.63) is 33.3 Å². The van der Waals surface area contributed by atoms with Crippen LogP contribution in [0.15, 0.2) is 17.3 Å². The summed E-state index contributed by atoms with van der Waals surface area (Å²) in [5, 5.41) is 12.7. The van der Waals surface area contributed by atoms with Crippen molar-refractivity contribution in [2.75, 3.05) is 6.61 Å². The zero-order valence-corrected chi connectivity index (χ0v) is 13.0. The van der Waals surface area contributed by atoms with E-state index in [-0.39, 0.29) is 34.3 Å². The van der Waals surface area contributed by atoms with Crippen LogP contribution in [0.1, 0.15) is 36.2 Å². The Bertz CT molecular complexity index is 657. The van der Waals surface area contributed by atoms with Crippen molar-refractivity contribution in [3.8, 4) is 0 Å². The molecular weight excluding hydrogens is 317 g/mol. The average Bonchev–Trinajstić information content (AvgIpc) is 2.59. The summed E-state index contributed by atoms with van der Waals surface area (Å²) in [6, 6.07) is 2.94. The Morgan fingerprint density at radius 1 is 1.38 bits per heavy atom. The normalized spacial score (nSPS) is 22.5. The van der Waals surface area contributed by atoms with E-state index in [9.17, 15) is 14.8 Å². The lowest BCUT2D eigenvalue weighted by Crippen LogP contribution is -2.34. The first-order valence-electron chi connectivity index (χ1n) is 6.27. The number of oxime groups is 1. The number of halogens is 2. The molecule has 0 heterocycles. The molecule has 0 amide bonds. The van der Waals surface area contributed by atoms with Crippen molar-refractivity contribution in [2.24, 2.45) is 5.16 Å². The number of rotatable bonds is 3. The fourth-order valence-electron chi connectivity index (χ4n) is 2.53. The van der Waals surface area contributed by atoms with Gasteiger partial charge in [0.05, 0.1) is 28.5 Å². The molecule has 0 saturated carbocycles. The molecule has 1 atom stereocenters. The number of hydrogen-bond donors (Lipinski definition) is 1. The van der Waals surface area contributed by atoms with Crippen molar-refractivity contribution in [1.29, 1.82) is 0 Å². The van der Waals surface area contributed by atoms with E-state index < -0.39 is 17.2 Å². The number of nitrogens with zero attached hydrogens (tertiary/aromatic N) is 1. The average molecular weight is 330 g/mol. The minimum atomic E-state index is -1.10. The molecule has 0 aliphatic heterocycles. The van der Waals surface area contributed by atoms with Crippen LogP contribution in [0, 0.1) is 0 Å². The molecular formula is C14H13Cl2NO4. The number of carbonyl (C=O) groups excluding carboxylic acids is 2. The summed E-state index contributed by atoms with van der Waals surface area (Å²) >= 11 is 11.9. The van der Waals surface area contributed by atoms with Gasteiger partial charge in [-0.3, -0.25) is 9.59 Å². The number of ether oxygens (including phenoxy) is 1. The molecule has 1 aliphatic rings. The van der Waals surface area contributed by atoms with Crippen LogP contribution in [0.4, 0.5) is 0 Å². The molecule has 0 radical (unpaired) electrons. The number of ketones is 1. The molecule has 1 N–H and O–H groups in total. The van der Waals surface area contributed by atoms with Crippen molar-refractivity contribution >= 4 is 40.7 Å². The fourth-order valence-corrected chi connectivity index (χ4v) is 2.86. The molecule has 21 heavy (non-hydrogen) atoms. The van der Waals surface area contributed by atoms with E-state index in [0.29, 0.717) is 5.56 Å². The maximum atomic E-state index is 12.3. The summed E-state index contributed by atoms with van der Waals surface area (Å²) in [5.74, 6) is -0.967. The van der Waals surface area contributed by atoms with Crippen LogP contribution in [0.2, 0.25) is 10.0 Å². The number of fused-ring (bicyclic) bond motifs is 1. The monoisotopic (exact) mass is 329 g/mol. The van der Waals surface area contributed by atoms with E-state index >= 15 is 0 Å². The molecule has 5 nitrogen and oxygen atoms in total. The predicted molar refractivity (Wildman–Crippen MR) is 78.6 cm³/mol. The minimum absolute atomic E-state index is 0.121. The zero-order valence-electron chi connectivity index (χ0n) is 11.4. The third-order valence-corrected chi connectivity index (χ3v) is 4.26. The number of benzene rings is 1. The summed E-state index contributed by atoms with van der Waals surface area (Å²) in [6.07, 6.45) is -0.128. The first-order valence-corrected chi connectivity index (χ1v) is 7.03. The quantitative estimate of drug-likeness (QED) is 0.524. The SMILES string of the molecule is CCOC(=O)CC1(C)/C(=N\O)C(=O)c2cc(Cl)c(Cl)cc21. The lowest BCUT2D eigenvalue weighted by Gasteiger charge is -2.23. The van der Waals surface area contributed by atoms with Gasteiger partial charge in [0.2, 0.25) is 5.78 Å². The Labute approximate surface area is 131 Å². The van der Waals surface area contributed by atoms with Crippen LogP contribution in [0.3, 0.4) is 0 Å². The predicted octanol–water partition coefficient (Wildman–Crippen LogP) is 3.23. The van der Waals surface area contributed by atoms with Crippen LogP contribution in [0.25, 0.3) is 0 Å². The molecule has 2 rings (SSSR count). The van der Waals surface area contributed by atoms with Gasteiger partial charge in [0.25, 0.3) is 0 Å². The van der Waals surface area contributed by atoms with Crippen LogP contribution in [-0.4, -0.2) is 29.3 Å². The van der Waals surface area contributed by atoms with Crippen molar-refractivity contribution in [3.63, 3.8) is 0 Å². The number of esters is 1. The van der Waals surface area contributed by atoms with E-state index in [1.54, 1.807) is 13.8 Å². The van der Waals surface area contributed by atoms with Crippen LogP contribution in [0.5, 0.6) is 0 Å². The molecule has 0 aromatic heterocycles. The van der Waals surface area contributed by atoms with Crippen molar-refractivity contribution < 1.29 is 19.5 Å². The van der Waals surface area contributed by atoms with Gasteiger partial charge in [0.1, 0.15) is 5.71 Å². The highest BCUT2D eigenvalue weighted by molar-refractivity contribution is 6.53. The highest BCUT2D eigenvalue weighted by Gasteiger charge is 2.48. The molecule has 0 bridgehead atoms. The molecule has 7 heteroatoms. The highest BCUT2D eigenvalue weighted by atomic mass is 35.5. The fraction of sp³-hybridized carbons (Fsp3) is 0.357. The second-order valence-corrected chi connectivity index (χ2v) is 5.72. The standard InChI is InChI=1S/C14H13Cl2NO4/c1-3-21-11(18)6-14(2)8-5-10(16)9(15)4-7(8)12(19)13(14)17-20/h4-5,20H,3,6H2,1-2H3/b17-13-. The third-order valence-electron chi connectivity index (χ3n) is 3.54. The largest absolute Gasteiger partial charge is 0.466 e. The molecule has 1 aromatic carbocycles. The van der Waals surface area contributed by atoms with Gasteiger partial charge in [0, 0.05) is 5.56 Å². The van der Waals surface area contributed by atoms with Gasteiger partial charge < -0.3 is 9.94 Å². The Kier molecular flexibility index (Phi) is 4.25. The number of hydrogen-bond acceptors (Lipinski definition) is 5. The van der Waals surface area contributed by atoms with E-state index in [2.05, 4.69) is 5.16 Å². The second kappa shape index (κ2) is 5.66. The highest BCUT2D eigenvalue weighted by Crippen LogP contribution is 2.42. The molecule has 1 unspecified atom stereocenters. The van der Waals surface area contributed by atoms with Gasteiger partial charge in [-0.15, -0.1) is 0 Å². The second-order valence-electron chi connectivity index (χ2n) is 4.90. The van der Waals surface area contributed by atoms with Crippen LogP contribution < -0.4 is 0 Å². The minimum Gasteiger partial charge on any atom is -0.466 e. The van der Waals surface area contributed by atoms with Crippen molar-refractivity contribution in [2.45, 2.75) is 25.7 Å². The summed E-state index contributed by atoms with van der Waals surface area (Å²) in [4.78, 5) is 24.1. The Hall–Kier alpha value is -1.59. The molecule has 0 spiro atoms. The zero-order chi connectivity index (χ0) is 15.8. The first-order chi connectivity index (χ1) is 9.85. The van der Waals surface area contributed by atoms with Gasteiger partial charge in [-0.25, -0.2) is 0 Å². The lowest BCUT2D eigenvalue weighted by atomic mass is 9.79. The van der Waals surface area contributed by atoms with Gasteiger partial charge in [-0.2, -0.15) is 0 Å². The smallest absolute Gasteiger partial charge is 0.307 e. The number of Topliss-reactive ketones (excluding diaryl/α,β-unsaturated/α-hetero) is 1. The first kappa shape index (κ1) is 15.8. The topological polar surface area (TPSA) is 76.0 Å². The van der Waals surface area contributed by atoms with Gasteiger partial charge in [0.15, 0.2) is 0 Å². The Morgan fingerprint density at radius 2 is 2.00 bits per heavy atom. The maximum Gasteiger partial charge on any atom is 0.307 e. The van der Waals surface area contributed by atoms with Crippen LogP contribution >= 0.6 is 23.2 Å². The van der Waals surface area contributed by atoms with Crippen LogP contribution in [-0.2, 0) is 14.9 Å². The molecule has 0 saturated heterocycles. The van der Waals surface area contributed by atoms with Gasteiger partial charge >= 0.3 is 5.97 Å².